The van der Waals surface area contributed by atoms with Crippen LogP contribution < -0.4 is 9.47 Å². The maximum absolute atomic E-state index is 11.9. The monoisotopic (exact) mass is 454 g/mol. The van der Waals surface area contributed by atoms with E-state index in [0.29, 0.717) is 24.7 Å². The predicted molar refractivity (Wildman–Crippen MR) is 109 cm³/mol. The molecule has 0 aliphatic carbocycles. The van der Waals surface area contributed by atoms with Crippen LogP contribution in [0.2, 0.25) is 0 Å². The minimum Gasteiger partial charge on any atom is -0.482 e. The summed E-state index contributed by atoms with van der Waals surface area (Å²) in [5.41, 5.74) is 0. The van der Waals surface area contributed by atoms with E-state index in [-0.39, 0.29) is 38.6 Å². The van der Waals surface area contributed by atoms with Crippen LogP contribution in [0.1, 0.15) is 27.7 Å². The molecule has 0 amide bonds. The summed E-state index contributed by atoms with van der Waals surface area (Å²) in [5, 5.41) is 0. The summed E-state index contributed by atoms with van der Waals surface area (Å²) < 4.78 is 43.1. The molecule has 0 saturated carbocycles. The smallest absolute Gasteiger partial charge is 0.344 e. The Morgan fingerprint density at radius 2 is 1.28 bits per heavy atom. The topological polar surface area (TPSA) is 108 Å². The number of esters is 2. The molecular weight excluding hydrogens is 424 g/mol. The van der Waals surface area contributed by atoms with E-state index < -0.39 is 23.5 Å². The van der Waals surface area contributed by atoms with Crippen molar-refractivity contribution in [2.75, 3.05) is 39.6 Å². The molecule has 178 valence electrons. The van der Waals surface area contributed by atoms with E-state index in [1.165, 1.54) is 0 Å². The first-order valence-corrected chi connectivity index (χ1v) is 10.4. The molecule has 0 spiro atoms. The van der Waals surface area contributed by atoms with Crippen molar-refractivity contribution < 1.29 is 47.5 Å². The molecule has 2 aliphatic rings. The predicted octanol–water partition coefficient (Wildman–Crippen LogP) is 1.83. The number of hydrogen-bond donors (Lipinski definition) is 0. The van der Waals surface area contributed by atoms with Gasteiger partial charge in [0.25, 0.3) is 0 Å². The van der Waals surface area contributed by atoms with E-state index in [1.807, 2.05) is 0 Å². The standard InChI is InChI=1S/C22H30O10/c1-21(2)29-11-17(31-21)9-27-19(23)13-25-15-6-5-7-16(8-15)26-14-20(24)28-10-18-12-30-22(3,4)32-18/h5-8,17-18H,9-14H2,1-4H3. The summed E-state index contributed by atoms with van der Waals surface area (Å²) in [6, 6.07) is 6.56. The molecule has 2 heterocycles. The van der Waals surface area contributed by atoms with E-state index in [0.717, 1.165) is 0 Å². The molecule has 32 heavy (non-hydrogen) atoms. The fourth-order valence-electron chi connectivity index (χ4n) is 3.08. The molecule has 2 aliphatic heterocycles. The third-order valence-electron chi connectivity index (χ3n) is 4.51. The number of benzene rings is 1. The third kappa shape index (κ3) is 7.94. The summed E-state index contributed by atoms with van der Waals surface area (Å²) in [7, 11) is 0. The van der Waals surface area contributed by atoms with Crippen molar-refractivity contribution in [3.05, 3.63) is 24.3 Å². The lowest BCUT2D eigenvalue weighted by atomic mass is 10.3. The van der Waals surface area contributed by atoms with Crippen molar-refractivity contribution >= 4 is 11.9 Å². The zero-order valence-electron chi connectivity index (χ0n) is 18.8. The van der Waals surface area contributed by atoms with Crippen LogP contribution in [0.4, 0.5) is 0 Å². The number of ether oxygens (including phenoxy) is 8. The van der Waals surface area contributed by atoms with Crippen LogP contribution in [0, 0.1) is 0 Å². The van der Waals surface area contributed by atoms with Gasteiger partial charge in [-0.2, -0.15) is 0 Å². The Kier molecular flexibility index (Phi) is 7.94. The lowest BCUT2D eigenvalue weighted by molar-refractivity contribution is -0.159. The number of carbonyl (C=O) groups is 2. The zero-order chi connectivity index (χ0) is 23.2. The highest BCUT2D eigenvalue weighted by Gasteiger charge is 2.34. The highest BCUT2D eigenvalue weighted by molar-refractivity contribution is 5.71. The van der Waals surface area contributed by atoms with Crippen molar-refractivity contribution in [3.63, 3.8) is 0 Å². The third-order valence-corrected chi connectivity index (χ3v) is 4.51. The van der Waals surface area contributed by atoms with Gasteiger partial charge in [0.2, 0.25) is 0 Å². The second-order valence-corrected chi connectivity index (χ2v) is 8.32. The van der Waals surface area contributed by atoms with Crippen LogP contribution in [0.3, 0.4) is 0 Å². The minimum absolute atomic E-state index is 0.0897. The van der Waals surface area contributed by atoms with Crippen molar-refractivity contribution in [3.8, 4) is 11.5 Å². The summed E-state index contributed by atoms with van der Waals surface area (Å²) in [4.78, 5) is 23.8. The van der Waals surface area contributed by atoms with Gasteiger partial charge in [-0.1, -0.05) is 6.07 Å². The average Bonchev–Trinajstić information content (AvgIpc) is 3.28. The first kappa shape index (κ1) is 24.2. The normalized spacial score (nSPS) is 23.5. The van der Waals surface area contributed by atoms with Gasteiger partial charge in [0, 0.05) is 6.07 Å². The fraction of sp³-hybridized carbons (Fsp3) is 0.636. The van der Waals surface area contributed by atoms with E-state index in [2.05, 4.69) is 0 Å². The molecule has 3 rings (SSSR count). The molecule has 1 aromatic carbocycles. The van der Waals surface area contributed by atoms with Gasteiger partial charge in [0.1, 0.15) is 36.9 Å². The van der Waals surface area contributed by atoms with Gasteiger partial charge in [-0.25, -0.2) is 9.59 Å². The van der Waals surface area contributed by atoms with Crippen LogP contribution in [0.5, 0.6) is 11.5 Å². The van der Waals surface area contributed by atoms with Gasteiger partial charge >= 0.3 is 11.9 Å². The van der Waals surface area contributed by atoms with Gasteiger partial charge in [0.05, 0.1) is 13.2 Å². The maximum Gasteiger partial charge on any atom is 0.344 e. The van der Waals surface area contributed by atoms with E-state index in [4.69, 9.17) is 37.9 Å². The molecule has 0 radical (unpaired) electrons. The van der Waals surface area contributed by atoms with Gasteiger partial charge in [-0.05, 0) is 39.8 Å². The second-order valence-electron chi connectivity index (χ2n) is 8.32. The van der Waals surface area contributed by atoms with Crippen molar-refractivity contribution in [2.45, 2.75) is 51.5 Å². The first-order chi connectivity index (χ1) is 15.1. The molecular formula is C22H30O10. The van der Waals surface area contributed by atoms with Crippen LogP contribution in [0.15, 0.2) is 24.3 Å². The second kappa shape index (κ2) is 10.5. The highest BCUT2D eigenvalue weighted by atomic mass is 16.8. The Labute approximate surface area is 186 Å². The lowest BCUT2D eigenvalue weighted by Crippen LogP contribution is -2.26. The van der Waals surface area contributed by atoms with Crippen LogP contribution in [-0.4, -0.2) is 75.4 Å². The average molecular weight is 454 g/mol. The largest absolute Gasteiger partial charge is 0.482 e. The molecule has 2 atom stereocenters. The number of rotatable bonds is 10. The van der Waals surface area contributed by atoms with Gasteiger partial charge in [-0.3, -0.25) is 0 Å². The zero-order valence-corrected chi connectivity index (χ0v) is 18.8. The van der Waals surface area contributed by atoms with Crippen molar-refractivity contribution in [1.82, 2.24) is 0 Å². The molecule has 10 nitrogen and oxygen atoms in total. The summed E-state index contributed by atoms with van der Waals surface area (Å²) in [6.45, 7) is 7.55. The van der Waals surface area contributed by atoms with Crippen molar-refractivity contribution in [1.29, 1.82) is 0 Å². The van der Waals surface area contributed by atoms with Crippen LogP contribution in [-0.2, 0) is 38.0 Å². The summed E-state index contributed by atoms with van der Waals surface area (Å²) in [6.07, 6.45) is -0.602. The summed E-state index contributed by atoms with van der Waals surface area (Å²) in [5.74, 6) is -1.61. The molecule has 0 aromatic heterocycles. The van der Waals surface area contributed by atoms with E-state index in [9.17, 15) is 9.59 Å². The molecule has 10 heteroatoms. The molecule has 0 bridgehead atoms. The van der Waals surface area contributed by atoms with Crippen LogP contribution >= 0.6 is 0 Å². The Bertz CT molecular complexity index is 729. The summed E-state index contributed by atoms with van der Waals surface area (Å²) >= 11 is 0. The van der Waals surface area contributed by atoms with E-state index >= 15 is 0 Å². The van der Waals surface area contributed by atoms with Gasteiger partial charge in [0.15, 0.2) is 24.8 Å². The first-order valence-electron chi connectivity index (χ1n) is 10.4. The maximum atomic E-state index is 11.9. The highest BCUT2D eigenvalue weighted by Crippen LogP contribution is 2.23. The van der Waals surface area contributed by atoms with E-state index in [1.54, 1.807) is 52.0 Å². The van der Waals surface area contributed by atoms with Gasteiger partial charge in [-0.15, -0.1) is 0 Å². The Morgan fingerprint density at radius 1 is 0.844 bits per heavy atom. The van der Waals surface area contributed by atoms with Gasteiger partial charge < -0.3 is 37.9 Å². The quantitative estimate of drug-likeness (QED) is 0.486. The Morgan fingerprint density at radius 3 is 1.66 bits per heavy atom. The Balaban J connectivity index is 1.33. The SMILES string of the molecule is CC1(C)OCC(COC(=O)COc2cccc(OCC(=O)OCC3COC(C)(C)O3)c2)O1. The number of hydrogen-bond acceptors (Lipinski definition) is 10. The minimum atomic E-state index is -0.671. The molecule has 2 fully saturated rings. The Hall–Kier alpha value is -2.40. The lowest BCUT2D eigenvalue weighted by Gasteiger charge is -2.17. The van der Waals surface area contributed by atoms with Crippen LogP contribution in [0.25, 0.3) is 0 Å². The molecule has 0 N–H and O–H groups in total. The van der Waals surface area contributed by atoms with Crippen molar-refractivity contribution in [2.24, 2.45) is 0 Å². The molecule has 2 unspecified atom stereocenters. The molecule has 2 saturated heterocycles. The fourth-order valence-corrected chi connectivity index (χ4v) is 3.08. The number of carbonyl (C=O) groups excluding carboxylic acids is 2. The molecule has 1 aromatic rings.